The molecule has 9 nitrogen and oxygen atoms in total. The third-order valence-electron chi connectivity index (χ3n) is 5.89. The number of benzene rings is 3. The molecule has 0 aromatic heterocycles. The Morgan fingerprint density at radius 2 is 1.21 bits per heavy atom. The summed E-state index contributed by atoms with van der Waals surface area (Å²) in [6.07, 6.45) is 0. The topological polar surface area (TPSA) is 129 Å². The lowest BCUT2D eigenvalue weighted by Crippen LogP contribution is -2.30. The van der Waals surface area contributed by atoms with Gasteiger partial charge in [-0.15, -0.1) is 0 Å². The molecule has 10 heteroatoms. The van der Waals surface area contributed by atoms with E-state index in [9.17, 15) is 32.1 Å². The van der Waals surface area contributed by atoms with E-state index in [0.717, 1.165) is 11.0 Å². The molecule has 0 saturated carbocycles. The largest absolute Gasteiger partial charge is 0.296 e. The number of rotatable bonds is 4. The molecular formula is C24H16N2O7S. The SMILES string of the molecule is CCN1C(=O)c2ccc(-c3ccc4c(c3)C(=O)N(c3ccccc3S(=O)(=O)O)C4=O)cc2C1=O. The predicted octanol–water partition coefficient (Wildman–Crippen LogP) is 3.02. The maximum absolute atomic E-state index is 13.2. The van der Waals surface area contributed by atoms with E-state index in [1.165, 1.54) is 30.3 Å². The van der Waals surface area contributed by atoms with Crippen molar-refractivity contribution in [3.05, 3.63) is 82.9 Å². The van der Waals surface area contributed by atoms with Gasteiger partial charge in [0.05, 0.1) is 27.9 Å². The highest BCUT2D eigenvalue weighted by atomic mass is 32.2. The zero-order valence-corrected chi connectivity index (χ0v) is 18.5. The first-order valence-electron chi connectivity index (χ1n) is 10.2. The first-order chi connectivity index (χ1) is 16.1. The minimum absolute atomic E-state index is 0.0470. The molecule has 4 amide bonds. The van der Waals surface area contributed by atoms with Crippen LogP contribution in [0, 0.1) is 0 Å². The van der Waals surface area contributed by atoms with Gasteiger partial charge >= 0.3 is 0 Å². The Labute approximate surface area is 194 Å². The van der Waals surface area contributed by atoms with Crippen molar-refractivity contribution in [1.82, 2.24) is 4.90 Å². The standard InChI is InChI=1S/C24H16N2O7S/c1-2-25-21(27)15-9-7-13(11-17(15)22(25)28)14-8-10-16-18(12-14)24(30)26(23(16)29)19-5-3-4-6-20(19)34(31,32)33/h3-12H,2H2,1H3,(H,31,32,33). The van der Waals surface area contributed by atoms with Crippen molar-refractivity contribution in [2.45, 2.75) is 11.8 Å². The van der Waals surface area contributed by atoms with Crippen LogP contribution >= 0.6 is 0 Å². The van der Waals surface area contributed by atoms with E-state index in [4.69, 9.17) is 0 Å². The lowest BCUT2D eigenvalue weighted by molar-refractivity contribution is 0.0662. The van der Waals surface area contributed by atoms with Crippen molar-refractivity contribution in [1.29, 1.82) is 0 Å². The molecule has 0 aliphatic carbocycles. The summed E-state index contributed by atoms with van der Waals surface area (Å²) in [6, 6.07) is 14.5. The third kappa shape index (κ3) is 3.07. The molecule has 0 bridgehead atoms. The number of amides is 4. The maximum atomic E-state index is 13.2. The van der Waals surface area contributed by atoms with Crippen molar-refractivity contribution >= 4 is 39.4 Å². The number of hydrogen-bond donors (Lipinski definition) is 1. The van der Waals surface area contributed by atoms with Gasteiger partial charge in [-0.3, -0.25) is 28.6 Å². The highest BCUT2D eigenvalue weighted by molar-refractivity contribution is 7.86. The zero-order valence-electron chi connectivity index (χ0n) is 17.7. The van der Waals surface area contributed by atoms with Crippen LogP contribution in [0.3, 0.4) is 0 Å². The molecule has 0 unspecified atom stereocenters. The minimum atomic E-state index is -4.69. The van der Waals surface area contributed by atoms with Gasteiger partial charge in [-0.25, -0.2) is 4.90 Å². The second-order valence-corrected chi connectivity index (χ2v) is 9.15. The lowest BCUT2D eigenvalue weighted by Gasteiger charge is -2.16. The van der Waals surface area contributed by atoms with Gasteiger partial charge in [0.2, 0.25) is 0 Å². The van der Waals surface area contributed by atoms with Crippen LogP contribution in [0.25, 0.3) is 11.1 Å². The van der Waals surface area contributed by atoms with E-state index in [-0.39, 0.29) is 34.8 Å². The van der Waals surface area contributed by atoms with Crippen LogP contribution in [-0.2, 0) is 10.1 Å². The maximum Gasteiger partial charge on any atom is 0.296 e. The molecule has 170 valence electrons. The summed E-state index contributed by atoms with van der Waals surface area (Å²) in [4.78, 5) is 52.3. The molecule has 1 N–H and O–H groups in total. The van der Waals surface area contributed by atoms with Gasteiger partial charge in [-0.2, -0.15) is 8.42 Å². The van der Waals surface area contributed by atoms with E-state index in [1.54, 1.807) is 31.2 Å². The molecular weight excluding hydrogens is 460 g/mol. The molecule has 2 aliphatic heterocycles. The van der Waals surface area contributed by atoms with E-state index >= 15 is 0 Å². The average molecular weight is 476 g/mol. The molecule has 0 saturated heterocycles. The smallest absolute Gasteiger partial charge is 0.282 e. The Bertz CT molecular complexity index is 1560. The molecule has 0 atom stereocenters. The normalized spacial score (nSPS) is 15.2. The molecule has 2 heterocycles. The Hall–Kier alpha value is -4.15. The number of nitrogens with zero attached hydrogens (tertiary/aromatic N) is 2. The van der Waals surface area contributed by atoms with Crippen LogP contribution in [0.1, 0.15) is 48.4 Å². The quantitative estimate of drug-likeness (QED) is 0.453. The Morgan fingerprint density at radius 1 is 0.706 bits per heavy atom. The summed E-state index contributed by atoms with van der Waals surface area (Å²) in [5.74, 6) is -2.24. The van der Waals surface area contributed by atoms with Gasteiger partial charge < -0.3 is 0 Å². The number of para-hydroxylation sites is 1. The number of hydrogen-bond acceptors (Lipinski definition) is 6. The van der Waals surface area contributed by atoms with E-state index in [1.807, 2.05) is 0 Å². The van der Waals surface area contributed by atoms with Gasteiger partial charge in [-0.05, 0) is 54.4 Å². The van der Waals surface area contributed by atoms with Crippen LogP contribution in [0.4, 0.5) is 5.69 Å². The second-order valence-electron chi connectivity index (χ2n) is 7.76. The Morgan fingerprint density at radius 3 is 1.79 bits per heavy atom. The number of fused-ring (bicyclic) bond motifs is 2. The molecule has 0 spiro atoms. The molecule has 2 aliphatic rings. The first kappa shape index (κ1) is 21.7. The predicted molar refractivity (Wildman–Crippen MR) is 120 cm³/mol. The van der Waals surface area contributed by atoms with Gasteiger partial charge in [-0.1, -0.05) is 24.3 Å². The summed E-state index contributed by atoms with van der Waals surface area (Å²) in [5, 5.41) is 0. The summed E-state index contributed by atoms with van der Waals surface area (Å²) in [6.45, 7) is 1.95. The van der Waals surface area contributed by atoms with Crippen LogP contribution in [0.2, 0.25) is 0 Å². The van der Waals surface area contributed by atoms with Crippen molar-refractivity contribution in [2.75, 3.05) is 11.4 Å². The van der Waals surface area contributed by atoms with Gasteiger partial charge in [0.25, 0.3) is 33.7 Å². The van der Waals surface area contributed by atoms with Crippen LogP contribution in [0.5, 0.6) is 0 Å². The summed E-state index contributed by atoms with van der Waals surface area (Å²) < 4.78 is 33.1. The fourth-order valence-electron chi connectivity index (χ4n) is 4.26. The molecule has 5 rings (SSSR count). The van der Waals surface area contributed by atoms with Crippen LogP contribution in [-0.4, -0.2) is 48.0 Å². The summed E-state index contributed by atoms with van der Waals surface area (Å²) in [7, 11) is -4.69. The Kier molecular flexibility index (Phi) is 4.74. The number of anilines is 1. The Balaban J connectivity index is 1.57. The van der Waals surface area contributed by atoms with Crippen LogP contribution in [0.15, 0.2) is 65.6 Å². The fraction of sp³-hybridized carbons (Fsp3) is 0.0833. The zero-order chi connectivity index (χ0) is 24.4. The van der Waals surface area contributed by atoms with Crippen molar-refractivity contribution in [2.24, 2.45) is 0 Å². The molecule has 0 radical (unpaired) electrons. The second kappa shape index (κ2) is 7.44. The number of imide groups is 2. The summed E-state index contributed by atoms with van der Waals surface area (Å²) in [5.41, 5.74) is 1.53. The van der Waals surface area contributed by atoms with Crippen molar-refractivity contribution < 1.29 is 32.1 Å². The first-order valence-corrected chi connectivity index (χ1v) is 11.7. The van der Waals surface area contributed by atoms with Gasteiger partial charge in [0, 0.05) is 6.54 Å². The monoisotopic (exact) mass is 476 g/mol. The summed E-state index contributed by atoms with van der Waals surface area (Å²) >= 11 is 0. The van der Waals surface area contributed by atoms with Crippen LogP contribution < -0.4 is 4.90 Å². The van der Waals surface area contributed by atoms with E-state index < -0.39 is 32.7 Å². The minimum Gasteiger partial charge on any atom is -0.282 e. The van der Waals surface area contributed by atoms with E-state index in [0.29, 0.717) is 21.6 Å². The molecule has 34 heavy (non-hydrogen) atoms. The fourth-order valence-corrected chi connectivity index (χ4v) is 4.93. The number of carbonyl (C=O) groups is 4. The average Bonchev–Trinajstić information content (AvgIpc) is 3.21. The molecule has 3 aromatic carbocycles. The van der Waals surface area contributed by atoms with Crippen molar-refractivity contribution in [3.8, 4) is 11.1 Å². The lowest BCUT2D eigenvalue weighted by atomic mass is 9.97. The highest BCUT2D eigenvalue weighted by Crippen LogP contribution is 2.35. The van der Waals surface area contributed by atoms with Gasteiger partial charge in [0.15, 0.2) is 0 Å². The highest BCUT2D eigenvalue weighted by Gasteiger charge is 2.39. The van der Waals surface area contributed by atoms with Crippen molar-refractivity contribution in [3.63, 3.8) is 0 Å². The number of carbonyl (C=O) groups excluding carboxylic acids is 4. The van der Waals surface area contributed by atoms with E-state index in [2.05, 4.69) is 0 Å². The third-order valence-corrected chi connectivity index (χ3v) is 6.79. The van der Waals surface area contributed by atoms with Gasteiger partial charge in [0.1, 0.15) is 4.90 Å². The molecule has 0 fully saturated rings. The molecule has 3 aromatic rings.